The zero-order valence-corrected chi connectivity index (χ0v) is 13.2. The average molecular weight is 317 g/mol. The first-order valence-electron chi connectivity index (χ1n) is 6.96. The molecule has 7 heteroatoms. The Kier molecular flexibility index (Phi) is 4.59. The summed E-state index contributed by atoms with van der Waals surface area (Å²) in [6, 6.07) is 8.15. The summed E-state index contributed by atoms with van der Waals surface area (Å²) in [6.07, 6.45) is 0.860. The number of nitrogens with one attached hydrogen (secondary N) is 1. The molecule has 0 spiro atoms. The van der Waals surface area contributed by atoms with Gasteiger partial charge in [-0.05, 0) is 32.9 Å². The van der Waals surface area contributed by atoms with Gasteiger partial charge in [-0.1, -0.05) is 6.07 Å². The van der Waals surface area contributed by atoms with Crippen LogP contribution in [-0.4, -0.2) is 21.8 Å². The number of pyridine rings is 1. The molecule has 7 nitrogen and oxygen atoms in total. The van der Waals surface area contributed by atoms with Crippen molar-refractivity contribution >= 4 is 17.6 Å². The van der Waals surface area contributed by atoms with Gasteiger partial charge in [0.25, 0.3) is 0 Å². The second kappa shape index (κ2) is 6.43. The van der Waals surface area contributed by atoms with Gasteiger partial charge in [0.05, 0.1) is 0 Å². The van der Waals surface area contributed by atoms with Crippen molar-refractivity contribution in [2.45, 2.75) is 26.4 Å². The quantitative estimate of drug-likeness (QED) is 0.799. The molecule has 0 radical (unpaired) electrons. The maximum absolute atomic E-state index is 11.8. The summed E-state index contributed by atoms with van der Waals surface area (Å²) >= 11 is 0. The molecule has 0 saturated carbocycles. The minimum Gasteiger partial charge on any atom is -0.502 e. The van der Waals surface area contributed by atoms with Gasteiger partial charge in [0.2, 0.25) is 5.75 Å². The van der Waals surface area contributed by atoms with Crippen molar-refractivity contribution in [3.05, 3.63) is 36.5 Å². The summed E-state index contributed by atoms with van der Waals surface area (Å²) in [4.78, 5) is 15.5. The van der Waals surface area contributed by atoms with E-state index in [4.69, 9.17) is 15.2 Å². The minimum atomic E-state index is -0.585. The Bertz CT molecular complexity index is 711. The van der Waals surface area contributed by atoms with E-state index in [9.17, 15) is 9.90 Å². The zero-order valence-electron chi connectivity index (χ0n) is 13.2. The van der Waals surface area contributed by atoms with Crippen LogP contribution in [0.5, 0.6) is 17.2 Å². The Balaban J connectivity index is 2.11. The van der Waals surface area contributed by atoms with Crippen molar-refractivity contribution in [1.29, 1.82) is 0 Å². The number of aromatic hydroxyl groups is 1. The van der Waals surface area contributed by atoms with E-state index >= 15 is 0 Å². The van der Waals surface area contributed by atoms with Crippen molar-refractivity contribution in [3.63, 3.8) is 0 Å². The molecule has 23 heavy (non-hydrogen) atoms. The summed E-state index contributed by atoms with van der Waals surface area (Å²) in [7, 11) is 0. The maximum Gasteiger partial charge on any atom is 0.412 e. The number of anilines is 2. The predicted octanol–water partition coefficient (Wildman–Crippen LogP) is 3.51. The van der Waals surface area contributed by atoms with Crippen LogP contribution in [0.4, 0.5) is 16.3 Å². The monoisotopic (exact) mass is 317 g/mol. The highest BCUT2D eigenvalue weighted by molar-refractivity contribution is 5.85. The fraction of sp³-hybridized carbons (Fsp3) is 0.250. The van der Waals surface area contributed by atoms with Gasteiger partial charge in [-0.15, -0.1) is 0 Å². The molecular weight excluding hydrogens is 298 g/mol. The van der Waals surface area contributed by atoms with Gasteiger partial charge in [0.1, 0.15) is 11.4 Å². The number of carbonyl (C=O) groups is 1. The SMILES string of the molecule is CC(C)(C)OC(=O)Nc1cccc(Oc2ccnc(N)c2O)c1. The van der Waals surface area contributed by atoms with Gasteiger partial charge in [0.15, 0.2) is 11.6 Å². The second-order valence-corrected chi connectivity index (χ2v) is 5.80. The number of hydrogen-bond acceptors (Lipinski definition) is 6. The molecule has 0 bridgehead atoms. The van der Waals surface area contributed by atoms with E-state index in [0.29, 0.717) is 11.4 Å². The third-order valence-electron chi connectivity index (χ3n) is 2.62. The summed E-state index contributed by atoms with van der Waals surface area (Å²) in [5.41, 5.74) is 5.43. The molecule has 0 aliphatic rings. The molecular formula is C16H19N3O4. The number of nitrogens with zero attached hydrogens (tertiary/aromatic N) is 1. The summed E-state index contributed by atoms with van der Waals surface area (Å²) in [6.45, 7) is 5.34. The number of carbonyl (C=O) groups excluding carboxylic acids is 1. The van der Waals surface area contributed by atoms with Gasteiger partial charge in [-0.2, -0.15) is 0 Å². The largest absolute Gasteiger partial charge is 0.502 e. The van der Waals surface area contributed by atoms with Crippen molar-refractivity contribution < 1.29 is 19.4 Å². The molecule has 1 aromatic carbocycles. The standard InChI is InChI=1S/C16H19N3O4/c1-16(2,3)23-15(21)19-10-5-4-6-11(9-10)22-12-7-8-18-14(17)13(12)20/h4-9,20H,1-3H3,(H2,17,18)(H,19,21). The Morgan fingerprint density at radius 3 is 2.74 bits per heavy atom. The summed E-state index contributed by atoms with van der Waals surface area (Å²) < 4.78 is 10.7. The fourth-order valence-corrected chi connectivity index (χ4v) is 1.72. The molecule has 0 saturated heterocycles. The number of benzene rings is 1. The van der Waals surface area contributed by atoms with Crippen LogP contribution in [0.15, 0.2) is 36.5 Å². The molecule has 122 valence electrons. The molecule has 0 aliphatic carbocycles. The predicted molar refractivity (Wildman–Crippen MR) is 86.7 cm³/mol. The van der Waals surface area contributed by atoms with Gasteiger partial charge >= 0.3 is 6.09 Å². The molecule has 1 heterocycles. The van der Waals surface area contributed by atoms with Crippen LogP contribution in [0.2, 0.25) is 0 Å². The van der Waals surface area contributed by atoms with Gasteiger partial charge in [-0.3, -0.25) is 5.32 Å². The summed E-state index contributed by atoms with van der Waals surface area (Å²) in [5.74, 6) is 0.329. The molecule has 1 aromatic heterocycles. The van der Waals surface area contributed by atoms with Crippen LogP contribution in [-0.2, 0) is 4.74 Å². The Morgan fingerprint density at radius 1 is 1.30 bits per heavy atom. The number of rotatable bonds is 3. The molecule has 0 atom stereocenters. The number of nitrogen functional groups attached to an aromatic ring is 1. The van der Waals surface area contributed by atoms with Crippen LogP contribution >= 0.6 is 0 Å². The van der Waals surface area contributed by atoms with E-state index in [-0.39, 0.29) is 17.3 Å². The van der Waals surface area contributed by atoms with E-state index < -0.39 is 11.7 Å². The van der Waals surface area contributed by atoms with Crippen LogP contribution in [0.25, 0.3) is 0 Å². The van der Waals surface area contributed by atoms with Crippen molar-refractivity contribution in [1.82, 2.24) is 4.98 Å². The average Bonchev–Trinajstić information content (AvgIpc) is 2.42. The lowest BCUT2D eigenvalue weighted by atomic mass is 10.2. The highest BCUT2D eigenvalue weighted by Crippen LogP contribution is 2.34. The molecule has 0 unspecified atom stereocenters. The van der Waals surface area contributed by atoms with E-state index in [1.165, 1.54) is 12.3 Å². The van der Waals surface area contributed by atoms with Crippen molar-refractivity contribution in [3.8, 4) is 17.2 Å². The van der Waals surface area contributed by atoms with Gasteiger partial charge < -0.3 is 20.3 Å². The highest BCUT2D eigenvalue weighted by atomic mass is 16.6. The Labute approximate surface area is 134 Å². The first kappa shape index (κ1) is 16.4. The Morgan fingerprint density at radius 2 is 2.04 bits per heavy atom. The number of amides is 1. The van der Waals surface area contributed by atoms with E-state index in [0.717, 1.165) is 0 Å². The zero-order chi connectivity index (χ0) is 17.0. The van der Waals surface area contributed by atoms with Crippen molar-refractivity contribution in [2.75, 3.05) is 11.1 Å². The first-order valence-corrected chi connectivity index (χ1v) is 6.96. The van der Waals surface area contributed by atoms with Gasteiger partial charge in [0, 0.05) is 24.0 Å². The van der Waals surface area contributed by atoms with E-state index in [1.807, 2.05) is 0 Å². The number of ether oxygens (including phenoxy) is 2. The fourth-order valence-electron chi connectivity index (χ4n) is 1.72. The third kappa shape index (κ3) is 4.77. The molecule has 4 N–H and O–H groups in total. The normalized spacial score (nSPS) is 10.9. The van der Waals surface area contributed by atoms with E-state index in [2.05, 4.69) is 10.3 Å². The molecule has 0 fully saturated rings. The Hall–Kier alpha value is -2.96. The van der Waals surface area contributed by atoms with Crippen LogP contribution in [0.3, 0.4) is 0 Å². The molecule has 2 aromatic rings. The van der Waals surface area contributed by atoms with Crippen LogP contribution < -0.4 is 15.8 Å². The first-order chi connectivity index (χ1) is 10.7. The summed E-state index contributed by atoms with van der Waals surface area (Å²) in [5, 5.41) is 12.4. The van der Waals surface area contributed by atoms with E-state index in [1.54, 1.807) is 45.0 Å². The van der Waals surface area contributed by atoms with Crippen LogP contribution in [0, 0.1) is 0 Å². The van der Waals surface area contributed by atoms with Crippen LogP contribution in [0.1, 0.15) is 20.8 Å². The number of aromatic nitrogens is 1. The molecule has 1 amide bonds. The lowest BCUT2D eigenvalue weighted by molar-refractivity contribution is 0.0636. The number of nitrogens with two attached hydrogens (primary N) is 1. The van der Waals surface area contributed by atoms with Crippen molar-refractivity contribution in [2.24, 2.45) is 0 Å². The minimum absolute atomic E-state index is 0.0227. The molecule has 2 rings (SSSR count). The molecule has 0 aliphatic heterocycles. The van der Waals surface area contributed by atoms with Gasteiger partial charge in [-0.25, -0.2) is 9.78 Å². The lowest BCUT2D eigenvalue weighted by Gasteiger charge is -2.19. The second-order valence-electron chi connectivity index (χ2n) is 5.80. The lowest BCUT2D eigenvalue weighted by Crippen LogP contribution is -2.27. The number of hydrogen-bond donors (Lipinski definition) is 3. The smallest absolute Gasteiger partial charge is 0.412 e. The highest BCUT2D eigenvalue weighted by Gasteiger charge is 2.16. The third-order valence-corrected chi connectivity index (χ3v) is 2.62. The maximum atomic E-state index is 11.8. The topological polar surface area (TPSA) is 107 Å².